The van der Waals surface area contributed by atoms with Gasteiger partial charge in [-0.1, -0.05) is 11.6 Å². The van der Waals surface area contributed by atoms with Gasteiger partial charge in [-0.25, -0.2) is 18.7 Å². The van der Waals surface area contributed by atoms with Gasteiger partial charge in [-0.2, -0.15) is 0 Å². The monoisotopic (exact) mass is 501 g/mol. The summed E-state index contributed by atoms with van der Waals surface area (Å²) in [5.41, 5.74) is 1.21. The maximum absolute atomic E-state index is 14.8. The molecule has 3 heterocycles. The highest BCUT2D eigenvalue weighted by molar-refractivity contribution is 6.31. The minimum Gasteiger partial charge on any atom is -0.494 e. The van der Waals surface area contributed by atoms with Crippen molar-refractivity contribution in [2.75, 3.05) is 50.6 Å². The van der Waals surface area contributed by atoms with Crippen LogP contribution < -0.4 is 14.5 Å². The SMILES string of the molecule is COc1cc2ncnc(N(C)c3ccc(F)c(Cl)c3F)c2cc1N1CC2(CCN(C)CC2)CC1=O. The molecule has 2 aliphatic heterocycles. The van der Waals surface area contributed by atoms with Crippen LogP contribution in [0.5, 0.6) is 5.75 Å². The lowest BCUT2D eigenvalue weighted by Crippen LogP contribution is -2.39. The number of aromatic nitrogens is 2. The Labute approximate surface area is 207 Å². The van der Waals surface area contributed by atoms with E-state index in [9.17, 15) is 13.6 Å². The van der Waals surface area contributed by atoms with E-state index in [2.05, 4.69) is 21.9 Å². The Bertz CT molecular complexity index is 1310. The molecular formula is C25H26ClF2N5O2. The molecule has 2 saturated heterocycles. The number of ether oxygens (including phenoxy) is 1. The van der Waals surface area contributed by atoms with Gasteiger partial charge in [0.25, 0.3) is 0 Å². The van der Waals surface area contributed by atoms with Crippen molar-refractivity contribution in [3.63, 3.8) is 0 Å². The van der Waals surface area contributed by atoms with Gasteiger partial charge in [0, 0.05) is 31.5 Å². The third-order valence-electron chi connectivity index (χ3n) is 7.27. The summed E-state index contributed by atoms with van der Waals surface area (Å²) >= 11 is 5.81. The second-order valence-electron chi connectivity index (χ2n) is 9.45. The van der Waals surface area contributed by atoms with Gasteiger partial charge in [-0.3, -0.25) is 4.79 Å². The van der Waals surface area contributed by atoms with Gasteiger partial charge >= 0.3 is 0 Å². The van der Waals surface area contributed by atoms with Crippen molar-refractivity contribution in [1.82, 2.24) is 14.9 Å². The standard InChI is InChI=1S/C25H26ClF2N5O2/c1-31-8-6-25(7-9-31)12-21(34)33(13-25)19-10-15-17(11-20(19)35-3)29-14-30-24(15)32(2)18-5-4-16(27)22(26)23(18)28/h4-5,10-11,14H,6-9,12-13H2,1-3H3. The number of halogens is 3. The molecule has 7 nitrogen and oxygen atoms in total. The van der Waals surface area contributed by atoms with Crippen LogP contribution in [0, 0.1) is 17.0 Å². The molecule has 1 amide bonds. The van der Waals surface area contributed by atoms with Crippen LogP contribution in [0.4, 0.5) is 26.0 Å². The van der Waals surface area contributed by atoms with Gasteiger partial charge in [0.2, 0.25) is 5.91 Å². The molecule has 1 spiro atoms. The first-order valence-corrected chi connectivity index (χ1v) is 11.8. The van der Waals surface area contributed by atoms with Crippen molar-refractivity contribution in [3.8, 4) is 5.75 Å². The molecule has 184 valence electrons. The number of hydrogen-bond acceptors (Lipinski definition) is 6. The third kappa shape index (κ3) is 4.06. The second-order valence-corrected chi connectivity index (χ2v) is 9.83. The fourth-order valence-corrected chi connectivity index (χ4v) is 5.29. The number of carbonyl (C=O) groups is 1. The molecule has 5 rings (SSSR count). The molecule has 2 fully saturated rings. The molecule has 0 saturated carbocycles. The van der Waals surface area contributed by atoms with Crippen molar-refractivity contribution in [3.05, 3.63) is 47.2 Å². The Morgan fingerprint density at radius 1 is 1.17 bits per heavy atom. The predicted molar refractivity (Wildman–Crippen MR) is 132 cm³/mol. The predicted octanol–water partition coefficient (Wildman–Crippen LogP) is 4.79. The first-order valence-electron chi connectivity index (χ1n) is 11.4. The lowest BCUT2D eigenvalue weighted by Gasteiger charge is -2.37. The lowest BCUT2D eigenvalue weighted by molar-refractivity contribution is -0.118. The lowest BCUT2D eigenvalue weighted by atomic mass is 9.78. The van der Waals surface area contributed by atoms with Gasteiger partial charge in [0.05, 0.1) is 24.0 Å². The van der Waals surface area contributed by atoms with Crippen LogP contribution in [0.25, 0.3) is 10.9 Å². The van der Waals surface area contributed by atoms with Gasteiger partial charge in [0.1, 0.15) is 28.7 Å². The van der Waals surface area contributed by atoms with E-state index in [1.54, 1.807) is 25.1 Å². The van der Waals surface area contributed by atoms with Crippen molar-refractivity contribution in [2.24, 2.45) is 5.41 Å². The van der Waals surface area contributed by atoms with E-state index in [4.69, 9.17) is 16.3 Å². The molecule has 0 N–H and O–H groups in total. The van der Waals surface area contributed by atoms with E-state index in [0.717, 1.165) is 32.0 Å². The van der Waals surface area contributed by atoms with Gasteiger partial charge < -0.3 is 19.4 Å². The first kappa shape index (κ1) is 23.7. The van der Waals surface area contributed by atoms with E-state index < -0.39 is 16.7 Å². The zero-order valence-corrected chi connectivity index (χ0v) is 20.6. The number of amides is 1. The largest absolute Gasteiger partial charge is 0.494 e. The Hall–Kier alpha value is -3.04. The van der Waals surface area contributed by atoms with Crippen molar-refractivity contribution < 1.29 is 18.3 Å². The highest BCUT2D eigenvalue weighted by atomic mass is 35.5. The van der Waals surface area contributed by atoms with Gasteiger partial charge in [0.15, 0.2) is 5.82 Å². The molecule has 1 aromatic heterocycles. The number of fused-ring (bicyclic) bond motifs is 1. The van der Waals surface area contributed by atoms with E-state index >= 15 is 0 Å². The number of hydrogen-bond donors (Lipinski definition) is 0. The minimum absolute atomic E-state index is 0.0512. The number of nitrogens with zero attached hydrogens (tertiary/aromatic N) is 5. The van der Waals surface area contributed by atoms with Crippen LogP contribution in [0.15, 0.2) is 30.6 Å². The van der Waals surface area contributed by atoms with Crippen molar-refractivity contribution >= 4 is 45.6 Å². The molecule has 10 heteroatoms. The van der Waals surface area contributed by atoms with Crippen LogP contribution in [0.1, 0.15) is 19.3 Å². The number of likely N-dealkylation sites (tertiary alicyclic amines) is 1. The van der Waals surface area contributed by atoms with Crippen molar-refractivity contribution in [2.45, 2.75) is 19.3 Å². The summed E-state index contributed by atoms with van der Waals surface area (Å²) in [6.45, 7) is 2.54. The molecule has 35 heavy (non-hydrogen) atoms. The maximum Gasteiger partial charge on any atom is 0.227 e. The Balaban J connectivity index is 1.58. The van der Waals surface area contributed by atoms with E-state index in [-0.39, 0.29) is 17.0 Å². The van der Waals surface area contributed by atoms with E-state index in [1.165, 1.54) is 17.3 Å². The molecule has 0 atom stereocenters. The van der Waals surface area contributed by atoms with Crippen LogP contribution >= 0.6 is 11.6 Å². The highest BCUT2D eigenvalue weighted by Crippen LogP contribution is 2.46. The van der Waals surface area contributed by atoms with Crippen LogP contribution in [0.3, 0.4) is 0 Å². The summed E-state index contributed by atoms with van der Waals surface area (Å²) < 4.78 is 34.2. The summed E-state index contributed by atoms with van der Waals surface area (Å²) in [7, 11) is 5.27. The third-order valence-corrected chi connectivity index (χ3v) is 7.61. The molecule has 0 unspecified atom stereocenters. The zero-order chi connectivity index (χ0) is 24.9. The number of methoxy groups -OCH3 is 1. The van der Waals surface area contributed by atoms with E-state index in [1.807, 2.05) is 6.07 Å². The number of piperidine rings is 1. The summed E-state index contributed by atoms with van der Waals surface area (Å²) in [5, 5.41) is 0.0175. The fraction of sp³-hybridized carbons (Fsp3) is 0.400. The Kier molecular flexibility index (Phi) is 6.01. The number of benzene rings is 2. The number of carbonyl (C=O) groups excluding carboxylic acids is 1. The number of anilines is 3. The zero-order valence-electron chi connectivity index (χ0n) is 19.8. The van der Waals surface area contributed by atoms with Crippen LogP contribution in [-0.2, 0) is 4.79 Å². The minimum atomic E-state index is -0.881. The van der Waals surface area contributed by atoms with Crippen LogP contribution in [-0.4, -0.2) is 61.6 Å². The average molecular weight is 502 g/mol. The van der Waals surface area contributed by atoms with E-state index in [0.29, 0.717) is 41.1 Å². The molecule has 3 aromatic rings. The molecule has 0 radical (unpaired) electrons. The quantitative estimate of drug-likeness (QED) is 0.479. The smallest absolute Gasteiger partial charge is 0.227 e. The maximum atomic E-state index is 14.8. The van der Waals surface area contributed by atoms with Gasteiger partial charge in [-0.15, -0.1) is 0 Å². The second kappa shape index (κ2) is 8.87. The molecule has 0 bridgehead atoms. The highest BCUT2D eigenvalue weighted by Gasteiger charge is 2.45. The first-order chi connectivity index (χ1) is 16.7. The molecule has 0 aliphatic carbocycles. The summed E-state index contributed by atoms with van der Waals surface area (Å²) in [4.78, 5) is 27.5. The summed E-state index contributed by atoms with van der Waals surface area (Å²) in [6, 6.07) is 5.99. The van der Waals surface area contributed by atoms with Crippen LogP contribution in [0.2, 0.25) is 5.02 Å². The normalized spacial score (nSPS) is 18.0. The number of rotatable bonds is 4. The molecule has 2 aromatic carbocycles. The summed E-state index contributed by atoms with van der Waals surface area (Å²) in [5.74, 6) is -0.750. The van der Waals surface area contributed by atoms with Crippen molar-refractivity contribution in [1.29, 1.82) is 0 Å². The van der Waals surface area contributed by atoms with Gasteiger partial charge in [-0.05, 0) is 56.6 Å². The summed E-state index contributed by atoms with van der Waals surface area (Å²) in [6.07, 6.45) is 3.79. The average Bonchev–Trinajstić information content (AvgIpc) is 3.18. The topological polar surface area (TPSA) is 61.8 Å². The molecular weight excluding hydrogens is 476 g/mol. The Morgan fingerprint density at radius 3 is 2.63 bits per heavy atom. The Morgan fingerprint density at radius 2 is 1.91 bits per heavy atom. The fourth-order valence-electron chi connectivity index (χ4n) is 5.13. The molecule has 2 aliphatic rings.